The normalized spacial score (nSPS) is 11.9. The van der Waals surface area contributed by atoms with Crippen LogP contribution in [0.1, 0.15) is 29.2 Å². The van der Waals surface area contributed by atoms with Crippen molar-refractivity contribution >= 4 is 0 Å². The summed E-state index contributed by atoms with van der Waals surface area (Å²) in [7, 11) is 0. The molecule has 24 heavy (non-hydrogen) atoms. The fourth-order valence-electron chi connectivity index (χ4n) is 2.67. The van der Waals surface area contributed by atoms with E-state index in [0.717, 1.165) is 11.1 Å². The number of aryl methyl sites for hydroxylation is 1. The third-order valence-electron chi connectivity index (χ3n) is 3.98. The highest BCUT2D eigenvalue weighted by molar-refractivity contribution is 5.60. The molecule has 0 amide bonds. The van der Waals surface area contributed by atoms with Crippen LogP contribution in [0.25, 0.3) is 11.3 Å². The molecule has 120 valence electrons. The van der Waals surface area contributed by atoms with Gasteiger partial charge in [-0.25, -0.2) is 4.68 Å². The Hall–Kier alpha value is -2.97. The Balaban J connectivity index is 1.94. The van der Waals surface area contributed by atoms with Crippen molar-refractivity contribution in [2.75, 3.05) is 6.61 Å². The van der Waals surface area contributed by atoms with E-state index in [1.54, 1.807) is 16.8 Å². The summed E-state index contributed by atoms with van der Waals surface area (Å²) < 4.78 is 1.77. The van der Waals surface area contributed by atoms with Crippen LogP contribution in [0, 0.1) is 18.3 Å². The van der Waals surface area contributed by atoms with Gasteiger partial charge in [-0.3, -0.25) is 0 Å². The van der Waals surface area contributed by atoms with E-state index >= 15 is 0 Å². The molecule has 5 heteroatoms. The van der Waals surface area contributed by atoms with Gasteiger partial charge >= 0.3 is 0 Å². The Morgan fingerprint density at radius 1 is 1.21 bits per heavy atom. The molecule has 0 radical (unpaired) electrons. The molecule has 0 aliphatic rings. The topological polar surface area (TPSA) is 74.7 Å². The first-order valence-electron chi connectivity index (χ1n) is 7.81. The first-order chi connectivity index (χ1) is 11.7. The maximum absolute atomic E-state index is 9.41. The molecule has 0 aliphatic heterocycles. The average Bonchev–Trinajstić information content (AvgIpc) is 3.10. The summed E-state index contributed by atoms with van der Waals surface area (Å²) >= 11 is 0. The molecule has 0 saturated heterocycles. The third kappa shape index (κ3) is 3.34. The largest absolute Gasteiger partial charge is 0.396 e. The summed E-state index contributed by atoms with van der Waals surface area (Å²) in [6, 6.07) is 17.5. The second-order valence-corrected chi connectivity index (χ2v) is 5.72. The van der Waals surface area contributed by atoms with Gasteiger partial charge in [0.2, 0.25) is 0 Å². The van der Waals surface area contributed by atoms with Gasteiger partial charge in [0.15, 0.2) is 0 Å². The summed E-state index contributed by atoms with van der Waals surface area (Å²) in [4.78, 5) is 0. The van der Waals surface area contributed by atoms with Gasteiger partial charge in [0.25, 0.3) is 0 Å². The predicted octanol–water partition coefficient (Wildman–Crippen LogP) is 3.10. The van der Waals surface area contributed by atoms with Crippen molar-refractivity contribution in [2.24, 2.45) is 0 Å². The standard InChI is InChI=1S/C19H18N4O/c1-14-5-7-16(8-6-14)19(9-10-24)23-13-18(21-22-23)17-4-2-3-15(11-17)12-20/h2-8,11,13,19,24H,9-10H2,1H3. The Kier molecular flexibility index (Phi) is 4.69. The Bertz CT molecular complexity index is 862. The second-order valence-electron chi connectivity index (χ2n) is 5.72. The molecule has 1 N–H and O–H groups in total. The number of nitriles is 1. The molecule has 3 aromatic rings. The van der Waals surface area contributed by atoms with Crippen LogP contribution >= 0.6 is 0 Å². The van der Waals surface area contributed by atoms with E-state index < -0.39 is 0 Å². The lowest BCUT2D eigenvalue weighted by Crippen LogP contribution is -2.13. The van der Waals surface area contributed by atoms with E-state index in [2.05, 4.69) is 16.4 Å². The van der Waals surface area contributed by atoms with Crippen molar-refractivity contribution in [3.63, 3.8) is 0 Å². The van der Waals surface area contributed by atoms with E-state index in [4.69, 9.17) is 5.26 Å². The van der Waals surface area contributed by atoms with Crippen LogP contribution in [-0.2, 0) is 0 Å². The minimum atomic E-state index is -0.0731. The molecule has 1 unspecified atom stereocenters. The zero-order chi connectivity index (χ0) is 16.9. The molecular formula is C19H18N4O. The first-order valence-corrected chi connectivity index (χ1v) is 7.81. The molecule has 0 bridgehead atoms. The fourth-order valence-corrected chi connectivity index (χ4v) is 2.67. The van der Waals surface area contributed by atoms with Gasteiger partial charge in [0, 0.05) is 12.2 Å². The molecule has 1 heterocycles. The lowest BCUT2D eigenvalue weighted by Gasteiger charge is -2.16. The summed E-state index contributed by atoms with van der Waals surface area (Å²) in [6.45, 7) is 2.11. The third-order valence-corrected chi connectivity index (χ3v) is 3.98. The van der Waals surface area contributed by atoms with Crippen molar-refractivity contribution in [1.82, 2.24) is 15.0 Å². The number of hydrogen-bond donors (Lipinski definition) is 1. The SMILES string of the molecule is Cc1ccc(C(CCO)n2cc(-c3cccc(C#N)c3)nn2)cc1. The van der Waals surface area contributed by atoms with Crippen molar-refractivity contribution in [3.05, 3.63) is 71.4 Å². The van der Waals surface area contributed by atoms with Gasteiger partial charge in [0.1, 0.15) is 5.69 Å². The highest BCUT2D eigenvalue weighted by atomic mass is 16.3. The maximum atomic E-state index is 9.41. The number of hydrogen-bond acceptors (Lipinski definition) is 4. The number of aliphatic hydroxyl groups excluding tert-OH is 1. The molecule has 0 aliphatic carbocycles. The minimum Gasteiger partial charge on any atom is -0.396 e. The molecule has 5 nitrogen and oxygen atoms in total. The van der Waals surface area contributed by atoms with Crippen LogP contribution in [0.15, 0.2) is 54.7 Å². The van der Waals surface area contributed by atoms with Crippen molar-refractivity contribution in [3.8, 4) is 17.3 Å². The Morgan fingerprint density at radius 2 is 2.00 bits per heavy atom. The summed E-state index contributed by atoms with van der Waals surface area (Å²) in [5.74, 6) is 0. The van der Waals surface area contributed by atoms with Crippen LogP contribution in [0.5, 0.6) is 0 Å². The van der Waals surface area contributed by atoms with E-state index in [1.807, 2.05) is 49.5 Å². The number of nitrogens with zero attached hydrogens (tertiary/aromatic N) is 4. The average molecular weight is 318 g/mol. The zero-order valence-corrected chi connectivity index (χ0v) is 13.4. The molecule has 0 spiro atoms. The van der Waals surface area contributed by atoms with Crippen LogP contribution in [0.3, 0.4) is 0 Å². The van der Waals surface area contributed by atoms with E-state index in [1.165, 1.54) is 5.56 Å². The maximum Gasteiger partial charge on any atom is 0.113 e. The quantitative estimate of drug-likeness (QED) is 0.784. The van der Waals surface area contributed by atoms with Gasteiger partial charge in [-0.1, -0.05) is 47.2 Å². The van der Waals surface area contributed by atoms with Gasteiger partial charge in [-0.2, -0.15) is 5.26 Å². The molecular weight excluding hydrogens is 300 g/mol. The molecule has 0 saturated carbocycles. The summed E-state index contributed by atoms with van der Waals surface area (Å²) in [5, 5.41) is 26.9. The highest BCUT2D eigenvalue weighted by Gasteiger charge is 2.16. The van der Waals surface area contributed by atoms with Gasteiger partial charge in [-0.05, 0) is 31.0 Å². The van der Waals surface area contributed by atoms with Crippen molar-refractivity contribution in [1.29, 1.82) is 5.26 Å². The number of aliphatic hydroxyl groups is 1. The van der Waals surface area contributed by atoms with Crippen LogP contribution < -0.4 is 0 Å². The molecule has 1 atom stereocenters. The predicted molar refractivity (Wildman–Crippen MR) is 91.2 cm³/mol. The summed E-state index contributed by atoms with van der Waals surface area (Å²) in [5.41, 5.74) is 4.42. The number of aromatic nitrogens is 3. The van der Waals surface area contributed by atoms with Gasteiger partial charge < -0.3 is 5.11 Å². The lowest BCUT2D eigenvalue weighted by molar-refractivity contribution is 0.262. The number of rotatable bonds is 5. The second kappa shape index (κ2) is 7.07. The zero-order valence-electron chi connectivity index (χ0n) is 13.4. The van der Waals surface area contributed by atoms with Gasteiger partial charge in [-0.15, -0.1) is 5.10 Å². The lowest BCUT2D eigenvalue weighted by atomic mass is 10.0. The minimum absolute atomic E-state index is 0.0671. The van der Waals surface area contributed by atoms with Crippen LogP contribution in [0.2, 0.25) is 0 Å². The first kappa shape index (κ1) is 15.9. The monoisotopic (exact) mass is 318 g/mol. The molecule has 0 fully saturated rings. The van der Waals surface area contributed by atoms with E-state index in [0.29, 0.717) is 17.7 Å². The van der Waals surface area contributed by atoms with E-state index in [9.17, 15) is 5.11 Å². The number of benzene rings is 2. The van der Waals surface area contributed by atoms with Crippen molar-refractivity contribution < 1.29 is 5.11 Å². The fraction of sp³-hybridized carbons (Fsp3) is 0.211. The Labute approximate surface area is 140 Å². The molecule has 1 aromatic heterocycles. The smallest absolute Gasteiger partial charge is 0.113 e. The highest BCUT2D eigenvalue weighted by Crippen LogP contribution is 2.24. The summed E-state index contributed by atoms with van der Waals surface area (Å²) in [6.07, 6.45) is 2.42. The van der Waals surface area contributed by atoms with Gasteiger partial charge in [0.05, 0.1) is 23.9 Å². The molecule has 2 aromatic carbocycles. The Morgan fingerprint density at radius 3 is 2.71 bits per heavy atom. The molecule has 3 rings (SSSR count). The van der Waals surface area contributed by atoms with Crippen LogP contribution in [-0.4, -0.2) is 26.7 Å². The van der Waals surface area contributed by atoms with Crippen molar-refractivity contribution in [2.45, 2.75) is 19.4 Å². The van der Waals surface area contributed by atoms with E-state index in [-0.39, 0.29) is 12.6 Å². The van der Waals surface area contributed by atoms with Crippen LogP contribution in [0.4, 0.5) is 0 Å².